The van der Waals surface area contributed by atoms with E-state index in [0.29, 0.717) is 29.8 Å². The molecule has 1 saturated heterocycles. The molecule has 0 saturated carbocycles. The van der Waals surface area contributed by atoms with Gasteiger partial charge in [0.25, 0.3) is 5.91 Å². The molecule has 2 aromatic carbocycles. The van der Waals surface area contributed by atoms with Crippen LogP contribution in [0.2, 0.25) is 0 Å². The first-order chi connectivity index (χ1) is 18.6. The zero-order valence-corrected chi connectivity index (χ0v) is 23.3. The molecule has 6 nitrogen and oxygen atoms in total. The Balaban J connectivity index is 1.57. The van der Waals surface area contributed by atoms with Crippen LogP contribution in [0.3, 0.4) is 0 Å². The summed E-state index contributed by atoms with van der Waals surface area (Å²) in [5.41, 5.74) is 5.98. The average Bonchev–Trinajstić information content (AvgIpc) is 3.40. The first-order valence-electron chi connectivity index (χ1n) is 13.8. The lowest BCUT2D eigenvalue weighted by atomic mass is 9.85. The van der Waals surface area contributed by atoms with Gasteiger partial charge in [-0.05, 0) is 63.1 Å². The maximum atomic E-state index is 15.1. The molecule has 1 fully saturated rings. The number of hydrogen-bond donors (Lipinski definition) is 1. The van der Waals surface area contributed by atoms with Crippen LogP contribution in [-0.4, -0.2) is 64.9 Å². The molecule has 0 bridgehead atoms. The number of halogens is 1. The maximum absolute atomic E-state index is 15.1. The Kier molecular flexibility index (Phi) is 6.03. The first-order valence-corrected chi connectivity index (χ1v) is 13.8. The molecule has 3 aliphatic heterocycles. The van der Waals surface area contributed by atoms with Crippen molar-refractivity contribution in [3.8, 4) is 11.3 Å². The molecule has 1 N–H and O–H groups in total. The Labute approximate surface area is 229 Å². The average molecular weight is 527 g/mol. The largest absolute Gasteiger partial charge is 0.358 e. The molecule has 3 aromatic rings. The summed E-state index contributed by atoms with van der Waals surface area (Å²) in [4.78, 5) is 38.2. The third-order valence-corrected chi connectivity index (χ3v) is 8.57. The van der Waals surface area contributed by atoms with Crippen LogP contribution in [0, 0.1) is 12.7 Å². The number of aryl methyl sites for hydroxylation is 1. The van der Waals surface area contributed by atoms with E-state index in [0.717, 1.165) is 53.4 Å². The molecule has 6 rings (SSSR count). The summed E-state index contributed by atoms with van der Waals surface area (Å²) in [5.74, 6) is -1.40. The third-order valence-electron chi connectivity index (χ3n) is 8.57. The smallest absolute Gasteiger partial charge is 0.256 e. The summed E-state index contributed by atoms with van der Waals surface area (Å²) in [6, 6.07) is 12.8. The molecule has 1 aromatic heterocycles. The van der Waals surface area contributed by atoms with E-state index >= 15 is 4.39 Å². The van der Waals surface area contributed by atoms with E-state index < -0.39 is 11.5 Å². The van der Waals surface area contributed by atoms with E-state index in [-0.39, 0.29) is 17.6 Å². The van der Waals surface area contributed by atoms with Crippen molar-refractivity contribution in [1.82, 2.24) is 14.8 Å². The molecule has 2 amide bonds. The van der Waals surface area contributed by atoms with Gasteiger partial charge in [-0.25, -0.2) is 4.39 Å². The van der Waals surface area contributed by atoms with Crippen LogP contribution < -0.4 is 4.90 Å². The normalized spacial score (nSPS) is 20.3. The molecular formula is C32H35FN4O2. The Morgan fingerprint density at radius 3 is 2.44 bits per heavy atom. The van der Waals surface area contributed by atoms with Gasteiger partial charge >= 0.3 is 0 Å². The second-order valence-corrected chi connectivity index (χ2v) is 11.5. The topological polar surface area (TPSA) is 59.7 Å². The standard InChI is InChI=1S/C32H35FN4O2/c1-6-35-12-14-36(15-13-35)30(38)25-20(3)34-28(21-10-8-7-9-11-21)27(25)26-24-17-22(33)16-23-19(2)18-32(4,5)37(29(23)24)31(26)39/h7-11,16-18,26,34H,6,12-15H2,1-5H3. The number of likely N-dealkylation sites (N-methyl/N-ethyl adjacent to an activating group) is 1. The lowest BCUT2D eigenvalue weighted by Gasteiger charge is -2.39. The van der Waals surface area contributed by atoms with Gasteiger partial charge in [0.05, 0.1) is 28.4 Å². The summed E-state index contributed by atoms with van der Waals surface area (Å²) in [6.45, 7) is 13.9. The zero-order valence-electron chi connectivity index (χ0n) is 23.3. The van der Waals surface area contributed by atoms with Gasteiger partial charge in [0.2, 0.25) is 5.91 Å². The van der Waals surface area contributed by atoms with Crippen molar-refractivity contribution in [3.63, 3.8) is 0 Å². The zero-order chi connectivity index (χ0) is 27.6. The van der Waals surface area contributed by atoms with Crippen molar-refractivity contribution < 1.29 is 14.0 Å². The Morgan fingerprint density at radius 2 is 1.77 bits per heavy atom. The van der Waals surface area contributed by atoms with E-state index in [1.807, 2.05) is 69.0 Å². The summed E-state index contributed by atoms with van der Waals surface area (Å²) >= 11 is 0. The SMILES string of the molecule is CCN1CCN(C(=O)c2c(C)[nH]c(-c3ccccc3)c2C2C(=O)N3c4c(cc(F)cc42)C(C)=CC3(C)C)CC1. The quantitative estimate of drug-likeness (QED) is 0.483. The third kappa shape index (κ3) is 3.94. The highest BCUT2D eigenvalue weighted by atomic mass is 19.1. The number of anilines is 1. The number of rotatable bonds is 4. The molecule has 4 heterocycles. The number of piperazine rings is 1. The van der Waals surface area contributed by atoms with Gasteiger partial charge in [0.15, 0.2) is 0 Å². The van der Waals surface area contributed by atoms with Crippen LogP contribution >= 0.6 is 0 Å². The van der Waals surface area contributed by atoms with Gasteiger partial charge in [-0.2, -0.15) is 0 Å². The number of carbonyl (C=O) groups excluding carboxylic acids is 2. The second-order valence-electron chi connectivity index (χ2n) is 11.5. The molecule has 202 valence electrons. The van der Waals surface area contributed by atoms with Crippen molar-refractivity contribution >= 4 is 23.1 Å². The predicted molar refractivity (Wildman–Crippen MR) is 152 cm³/mol. The molecule has 39 heavy (non-hydrogen) atoms. The first kappa shape index (κ1) is 25.6. The van der Waals surface area contributed by atoms with Gasteiger partial charge in [-0.15, -0.1) is 0 Å². The van der Waals surface area contributed by atoms with Gasteiger partial charge in [-0.3, -0.25) is 9.59 Å². The number of allylic oxidation sites excluding steroid dienone is 1. The van der Waals surface area contributed by atoms with Crippen LogP contribution in [-0.2, 0) is 4.79 Å². The fourth-order valence-corrected chi connectivity index (χ4v) is 6.75. The number of amides is 2. The Hall–Kier alpha value is -3.71. The van der Waals surface area contributed by atoms with Gasteiger partial charge in [0.1, 0.15) is 5.82 Å². The van der Waals surface area contributed by atoms with Crippen LogP contribution in [0.15, 0.2) is 48.5 Å². The maximum Gasteiger partial charge on any atom is 0.256 e. The van der Waals surface area contributed by atoms with Crippen molar-refractivity contribution in [3.05, 3.63) is 82.3 Å². The monoisotopic (exact) mass is 526 g/mol. The Bertz CT molecular complexity index is 1510. The lowest BCUT2D eigenvalue weighted by Crippen LogP contribution is -2.49. The van der Waals surface area contributed by atoms with E-state index in [9.17, 15) is 9.59 Å². The van der Waals surface area contributed by atoms with E-state index in [1.165, 1.54) is 12.1 Å². The number of benzene rings is 2. The van der Waals surface area contributed by atoms with Gasteiger partial charge in [-0.1, -0.05) is 43.3 Å². The highest BCUT2D eigenvalue weighted by molar-refractivity contribution is 6.14. The van der Waals surface area contributed by atoms with Crippen LogP contribution in [0.1, 0.15) is 66.4 Å². The van der Waals surface area contributed by atoms with Crippen molar-refractivity contribution in [2.45, 2.75) is 46.1 Å². The van der Waals surface area contributed by atoms with E-state index in [2.05, 4.69) is 16.8 Å². The predicted octanol–water partition coefficient (Wildman–Crippen LogP) is 5.58. The van der Waals surface area contributed by atoms with Crippen molar-refractivity contribution in [2.75, 3.05) is 37.6 Å². The molecule has 7 heteroatoms. The summed E-state index contributed by atoms with van der Waals surface area (Å²) in [5, 5.41) is 0. The molecular weight excluding hydrogens is 491 g/mol. The minimum absolute atomic E-state index is 0.0791. The number of aromatic nitrogens is 1. The molecule has 1 atom stereocenters. The number of nitrogens with zero attached hydrogens (tertiary/aromatic N) is 3. The van der Waals surface area contributed by atoms with Gasteiger partial charge < -0.3 is 19.7 Å². The summed E-state index contributed by atoms with van der Waals surface area (Å²) < 4.78 is 15.1. The molecule has 0 spiro atoms. The molecule has 0 aliphatic carbocycles. The number of H-pyrrole nitrogens is 1. The fraction of sp³-hybridized carbons (Fsp3) is 0.375. The molecule has 3 aliphatic rings. The Morgan fingerprint density at radius 1 is 1.08 bits per heavy atom. The number of hydrogen-bond acceptors (Lipinski definition) is 3. The molecule has 1 unspecified atom stereocenters. The number of carbonyl (C=O) groups is 2. The van der Waals surface area contributed by atoms with Crippen LogP contribution in [0.25, 0.3) is 16.8 Å². The number of nitrogens with one attached hydrogen (secondary N) is 1. The highest BCUT2D eigenvalue weighted by Gasteiger charge is 2.50. The van der Waals surface area contributed by atoms with Crippen LogP contribution in [0.4, 0.5) is 10.1 Å². The van der Waals surface area contributed by atoms with E-state index in [1.54, 1.807) is 4.90 Å². The second kappa shape index (κ2) is 9.19. The highest BCUT2D eigenvalue weighted by Crippen LogP contribution is 2.53. The lowest BCUT2D eigenvalue weighted by molar-refractivity contribution is -0.119. The van der Waals surface area contributed by atoms with Crippen molar-refractivity contribution in [2.24, 2.45) is 0 Å². The van der Waals surface area contributed by atoms with Crippen molar-refractivity contribution in [1.29, 1.82) is 0 Å². The van der Waals surface area contributed by atoms with E-state index in [4.69, 9.17) is 0 Å². The fourth-order valence-electron chi connectivity index (χ4n) is 6.75. The van der Waals surface area contributed by atoms with Gasteiger partial charge in [0, 0.05) is 43.0 Å². The molecule has 0 radical (unpaired) electrons. The summed E-state index contributed by atoms with van der Waals surface area (Å²) in [6.07, 6.45) is 2.03. The minimum Gasteiger partial charge on any atom is -0.358 e. The minimum atomic E-state index is -0.802. The number of aromatic amines is 1. The van der Waals surface area contributed by atoms with Crippen LogP contribution in [0.5, 0.6) is 0 Å². The summed E-state index contributed by atoms with van der Waals surface area (Å²) in [7, 11) is 0.